The summed E-state index contributed by atoms with van der Waals surface area (Å²) in [5.74, 6) is 1.57. The first-order chi connectivity index (χ1) is 8.83. The number of hydrogen-bond acceptors (Lipinski definition) is 4. The molecule has 18 heavy (non-hydrogen) atoms. The third-order valence-electron chi connectivity index (χ3n) is 3.03. The van der Waals surface area contributed by atoms with E-state index in [4.69, 9.17) is 14.2 Å². The topological polar surface area (TPSA) is 44.8 Å². The number of carbonyl (C=O) groups is 1. The molecular formula is C14H14O4. The van der Waals surface area contributed by atoms with E-state index in [-0.39, 0.29) is 11.9 Å². The molecule has 0 N–H and O–H groups in total. The summed E-state index contributed by atoms with van der Waals surface area (Å²) in [6.07, 6.45) is 3.94. The van der Waals surface area contributed by atoms with Crippen molar-refractivity contribution >= 4 is 5.78 Å². The van der Waals surface area contributed by atoms with Gasteiger partial charge in [-0.05, 0) is 17.7 Å². The average Bonchev–Trinajstić information content (AvgIpc) is 2.63. The van der Waals surface area contributed by atoms with E-state index in [1.54, 1.807) is 0 Å². The van der Waals surface area contributed by atoms with Gasteiger partial charge in [0.05, 0.1) is 25.9 Å². The maximum absolute atomic E-state index is 11.4. The molecule has 1 aromatic carbocycles. The lowest BCUT2D eigenvalue weighted by Crippen LogP contribution is -2.11. The van der Waals surface area contributed by atoms with Crippen molar-refractivity contribution in [1.82, 2.24) is 0 Å². The minimum Gasteiger partial charge on any atom is -0.493 e. The average molecular weight is 246 g/mol. The molecule has 1 aromatic rings. The third kappa shape index (κ3) is 2.18. The zero-order chi connectivity index (χ0) is 12.4. The summed E-state index contributed by atoms with van der Waals surface area (Å²) in [5, 5.41) is 0. The fourth-order valence-corrected chi connectivity index (χ4v) is 2.09. The van der Waals surface area contributed by atoms with Crippen LogP contribution in [0, 0.1) is 0 Å². The van der Waals surface area contributed by atoms with Crippen molar-refractivity contribution in [3.05, 3.63) is 36.1 Å². The molecular weight excluding hydrogens is 232 g/mol. The van der Waals surface area contributed by atoms with Crippen molar-refractivity contribution in [3.63, 3.8) is 0 Å². The maximum atomic E-state index is 11.4. The number of rotatable bonds is 1. The molecule has 2 heterocycles. The summed E-state index contributed by atoms with van der Waals surface area (Å²) in [6.45, 7) is 1.33. The Hall–Kier alpha value is -1.97. The molecule has 4 nitrogen and oxygen atoms in total. The predicted octanol–water partition coefficient (Wildman–Crippen LogP) is 2.39. The van der Waals surface area contributed by atoms with E-state index in [0.29, 0.717) is 19.6 Å². The second-order valence-electron chi connectivity index (χ2n) is 4.35. The Morgan fingerprint density at radius 1 is 1.11 bits per heavy atom. The largest absolute Gasteiger partial charge is 0.493 e. The van der Waals surface area contributed by atoms with Gasteiger partial charge in [0, 0.05) is 12.5 Å². The second-order valence-corrected chi connectivity index (χ2v) is 4.35. The summed E-state index contributed by atoms with van der Waals surface area (Å²) in [6, 6.07) is 5.70. The fraction of sp³-hybridized carbons (Fsp3) is 0.357. The monoisotopic (exact) mass is 246 g/mol. The Balaban J connectivity index is 1.87. The van der Waals surface area contributed by atoms with Crippen LogP contribution >= 0.6 is 0 Å². The van der Waals surface area contributed by atoms with E-state index < -0.39 is 0 Å². The molecule has 4 heteroatoms. The third-order valence-corrected chi connectivity index (χ3v) is 3.03. The summed E-state index contributed by atoms with van der Waals surface area (Å²) in [7, 11) is 0. The molecule has 2 aliphatic heterocycles. The van der Waals surface area contributed by atoms with Crippen LogP contribution in [0.5, 0.6) is 11.5 Å². The van der Waals surface area contributed by atoms with E-state index >= 15 is 0 Å². The van der Waals surface area contributed by atoms with Gasteiger partial charge in [0.15, 0.2) is 17.3 Å². The molecule has 0 aliphatic carbocycles. The summed E-state index contributed by atoms with van der Waals surface area (Å²) < 4.78 is 16.6. The van der Waals surface area contributed by atoms with E-state index in [0.717, 1.165) is 23.5 Å². The van der Waals surface area contributed by atoms with Gasteiger partial charge >= 0.3 is 0 Å². The molecule has 94 valence electrons. The Kier molecular flexibility index (Phi) is 2.92. The number of ketones is 1. The molecule has 0 radical (unpaired) electrons. The molecule has 0 saturated heterocycles. The highest BCUT2D eigenvalue weighted by Gasteiger charge is 2.21. The van der Waals surface area contributed by atoms with Crippen LogP contribution in [0.3, 0.4) is 0 Å². The van der Waals surface area contributed by atoms with Crippen molar-refractivity contribution < 1.29 is 19.0 Å². The zero-order valence-corrected chi connectivity index (χ0v) is 9.93. The van der Waals surface area contributed by atoms with Crippen LogP contribution in [-0.2, 0) is 9.53 Å². The number of allylic oxidation sites excluding steroid dienone is 1. The molecule has 1 unspecified atom stereocenters. The minimum atomic E-state index is -0.223. The molecule has 0 bridgehead atoms. The number of benzene rings is 1. The first-order valence-electron chi connectivity index (χ1n) is 6.07. The van der Waals surface area contributed by atoms with Crippen LogP contribution in [0.4, 0.5) is 0 Å². The summed E-state index contributed by atoms with van der Waals surface area (Å²) >= 11 is 0. The molecule has 0 aromatic heterocycles. The number of carbonyl (C=O) groups excluding carboxylic acids is 1. The van der Waals surface area contributed by atoms with Gasteiger partial charge in [-0.3, -0.25) is 4.79 Å². The molecule has 0 saturated carbocycles. The smallest absolute Gasteiger partial charge is 0.162 e. The standard InChI is InChI=1S/C14H14O4/c15-11-4-7-18-13(9-11)10-2-3-12-14(8-10)17-6-1-5-16-12/h2-4,7-8,13H,1,5-6,9H2. The highest BCUT2D eigenvalue weighted by molar-refractivity contribution is 5.90. The Bertz CT molecular complexity index is 493. The van der Waals surface area contributed by atoms with Crippen molar-refractivity contribution in [3.8, 4) is 11.5 Å². The molecule has 1 atom stereocenters. The van der Waals surface area contributed by atoms with Gasteiger partial charge in [-0.15, -0.1) is 0 Å². The SMILES string of the molecule is O=C1C=COC(c2ccc3c(c2)OCCCO3)C1. The van der Waals surface area contributed by atoms with Gasteiger partial charge in [-0.2, -0.15) is 0 Å². The summed E-state index contributed by atoms with van der Waals surface area (Å²) in [4.78, 5) is 11.4. The molecule has 3 rings (SSSR count). The Morgan fingerprint density at radius 2 is 1.94 bits per heavy atom. The van der Waals surface area contributed by atoms with Gasteiger partial charge in [-0.25, -0.2) is 0 Å². The molecule has 0 spiro atoms. The fourth-order valence-electron chi connectivity index (χ4n) is 2.09. The Morgan fingerprint density at radius 3 is 2.78 bits per heavy atom. The first kappa shape index (κ1) is 11.1. The summed E-state index contributed by atoms with van der Waals surface area (Å²) in [5.41, 5.74) is 0.942. The van der Waals surface area contributed by atoms with Crippen molar-refractivity contribution in [2.75, 3.05) is 13.2 Å². The van der Waals surface area contributed by atoms with Crippen molar-refractivity contribution in [2.45, 2.75) is 18.9 Å². The molecule has 0 fully saturated rings. The number of fused-ring (bicyclic) bond motifs is 1. The quantitative estimate of drug-likeness (QED) is 0.763. The van der Waals surface area contributed by atoms with E-state index in [1.807, 2.05) is 18.2 Å². The van der Waals surface area contributed by atoms with E-state index in [9.17, 15) is 4.79 Å². The highest BCUT2D eigenvalue weighted by atomic mass is 16.5. The van der Waals surface area contributed by atoms with Crippen LogP contribution in [0.15, 0.2) is 30.5 Å². The van der Waals surface area contributed by atoms with Gasteiger partial charge in [-0.1, -0.05) is 6.07 Å². The van der Waals surface area contributed by atoms with Crippen LogP contribution in [0.25, 0.3) is 0 Å². The molecule has 0 amide bonds. The Labute approximate surface area is 105 Å². The van der Waals surface area contributed by atoms with Gasteiger partial charge in [0.1, 0.15) is 6.10 Å². The number of hydrogen-bond donors (Lipinski definition) is 0. The lowest BCUT2D eigenvalue weighted by atomic mass is 10.0. The van der Waals surface area contributed by atoms with Gasteiger partial charge in [0.2, 0.25) is 0 Å². The van der Waals surface area contributed by atoms with Crippen molar-refractivity contribution in [2.24, 2.45) is 0 Å². The van der Waals surface area contributed by atoms with E-state index in [1.165, 1.54) is 12.3 Å². The highest BCUT2D eigenvalue weighted by Crippen LogP contribution is 2.35. The second kappa shape index (κ2) is 4.72. The molecule has 2 aliphatic rings. The normalized spacial score (nSPS) is 22.2. The van der Waals surface area contributed by atoms with Gasteiger partial charge < -0.3 is 14.2 Å². The maximum Gasteiger partial charge on any atom is 0.162 e. The zero-order valence-electron chi connectivity index (χ0n) is 9.93. The van der Waals surface area contributed by atoms with Crippen LogP contribution < -0.4 is 9.47 Å². The number of ether oxygens (including phenoxy) is 3. The van der Waals surface area contributed by atoms with E-state index in [2.05, 4.69) is 0 Å². The lowest BCUT2D eigenvalue weighted by Gasteiger charge is -2.20. The first-order valence-corrected chi connectivity index (χ1v) is 6.07. The van der Waals surface area contributed by atoms with Crippen LogP contribution in [0.1, 0.15) is 24.5 Å². The van der Waals surface area contributed by atoms with Crippen molar-refractivity contribution in [1.29, 1.82) is 0 Å². The lowest BCUT2D eigenvalue weighted by molar-refractivity contribution is -0.118. The van der Waals surface area contributed by atoms with Crippen LogP contribution in [0.2, 0.25) is 0 Å². The predicted molar refractivity (Wildman–Crippen MR) is 64.6 cm³/mol. The van der Waals surface area contributed by atoms with Gasteiger partial charge in [0.25, 0.3) is 0 Å². The van der Waals surface area contributed by atoms with Crippen LogP contribution in [-0.4, -0.2) is 19.0 Å². The minimum absolute atomic E-state index is 0.0818.